The molecule has 7 heteroatoms. The molecule has 0 saturated carbocycles. The van der Waals surface area contributed by atoms with Crippen LogP contribution in [0.5, 0.6) is 0 Å². The maximum Gasteiger partial charge on any atom is 0.221 e. The van der Waals surface area contributed by atoms with Crippen LogP contribution in [0.2, 0.25) is 0 Å². The lowest BCUT2D eigenvalue weighted by atomic mass is 10.3. The van der Waals surface area contributed by atoms with Crippen molar-refractivity contribution >= 4 is 22.9 Å². The normalized spacial score (nSPS) is 10.7. The zero-order valence-corrected chi connectivity index (χ0v) is 10.3. The van der Waals surface area contributed by atoms with E-state index in [0.29, 0.717) is 36.5 Å². The van der Waals surface area contributed by atoms with E-state index >= 15 is 0 Å². The van der Waals surface area contributed by atoms with E-state index in [0.717, 1.165) is 6.42 Å². The number of carbonyl (C=O) groups excluding carboxylic acids is 1. The second kappa shape index (κ2) is 5.44. The van der Waals surface area contributed by atoms with Crippen LogP contribution in [0, 0.1) is 0 Å². The number of carbonyl (C=O) groups is 1. The number of nitrogens with two attached hydrogens (primary N) is 1. The number of imidazole rings is 1. The average molecular weight is 248 g/mol. The van der Waals surface area contributed by atoms with Crippen molar-refractivity contribution in [3.8, 4) is 0 Å². The van der Waals surface area contributed by atoms with E-state index < -0.39 is 0 Å². The van der Waals surface area contributed by atoms with Crippen LogP contribution in [0.25, 0.3) is 11.2 Å². The zero-order valence-electron chi connectivity index (χ0n) is 10.3. The van der Waals surface area contributed by atoms with Gasteiger partial charge in [-0.1, -0.05) is 6.92 Å². The number of amides is 1. The van der Waals surface area contributed by atoms with E-state index in [4.69, 9.17) is 5.73 Å². The molecule has 0 bridgehead atoms. The smallest absolute Gasteiger partial charge is 0.221 e. The Balaban J connectivity index is 2.04. The Morgan fingerprint density at radius 3 is 3.06 bits per heavy atom. The highest BCUT2D eigenvalue weighted by Crippen LogP contribution is 2.14. The van der Waals surface area contributed by atoms with Gasteiger partial charge in [0.15, 0.2) is 11.5 Å². The van der Waals surface area contributed by atoms with Crippen LogP contribution < -0.4 is 11.1 Å². The Morgan fingerprint density at radius 2 is 2.28 bits per heavy atom. The van der Waals surface area contributed by atoms with Gasteiger partial charge in [-0.3, -0.25) is 4.79 Å². The SMILES string of the molecule is CCCNC(=O)CCn1cnc2c(N)ncnc21. The summed E-state index contributed by atoms with van der Waals surface area (Å²) in [5.74, 6) is 0.384. The van der Waals surface area contributed by atoms with Gasteiger partial charge in [-0.15, -0.1) is 0 Å². The first-order valence-electron chi connectivity index (χ1n) is 5.90. The highest BCUT2D eigenvalue weighted by Gasteiger charge is 2.08. The summed E-state index contributed by atoms with van der Waals surface area (Å²) in [6.45, 7) is 3.25. The third-order valence-corrected chi connectivity index (χ3v) is 2.58. The number of fused-ring (bicyclic) bond motifs is 1. The Hall–Kier alpha value is -2.18. The van der Waals surface area contributed by atoms with Gasteiger partial charge in [0.2, 0.25) is 5.91 Å². The van der Waals surface area contributed by atoms with Crippen LogP contribution >= 0.6 is 0 Å². The summed E-state index contributed by atoms with van der Waals surface area (Å²) in [5, 5.41) is 2.82. The molecule has 3 N–H and O–H groups in total. The summed E-state index contributed by atoms with van der Waals surface area (Å²) >= 11 is 0. The van der Waals surface area contributed by atoms with Gasteiger partial charge in [0.25, 0.3) is 0 Å². The van der Waals surface area contributed by atoms with E-state index in [-0.39, 0.29) is 5.91 Å². The number of hydrogen-bond donors (Lipinski definition) is 2. The van der Waals surface area contributed by atoms with Gasteiger partial charge in [0.05, 0.1) is 6.33 Å². The van der Waals surface area contributed by atoms with Crippen LogP contribution in [0.1, 0.15) is 19.8 Å². The van der Waals surface area contributed by atoms with Crippen molar-refractivity contribution in [3.05, 3.63) is 12.7 Å². The Labute approximate surface area is 104 Å². The maximum absolute atomic E-state index is 11.5. The monoisotopic (exact) mass is 248 g/mol. The molecule has 2 rings (SSSR count). The predicted octanol–water partition coefficient (Wildman–Crippen LogP) is 0.325. The van der Waals surface area contributed by atoms with Crippen LogP contribution in [0.15, 0.2) is 12.7 Å². The molecule has 0 aromatic carbocycles. The Kier molecular flexibility index (Phi) is 3.71. The Bertz CT molecular complexity index is 549. The molecule has 0 aliphatic rings. The molecule has 2 aromatic heterocycles. The lowest BCUT2D eigenvalue weighted by Crippen LogP contribution is -2.24. The number of aromatic nitrogens is 4. The molecule has 0 fully saturated rings. The largest absolute Gasteiger partial charge is 0.382 e. The lowest BCUT2D eigenvalue weighted by molar-refractivity contribution is -0.121. The first-order valence-corrected chi connectivity index (χ1v) is 5.90. The molecule has 2 aromatic rings. The highest BCUT2D eigenvalue weighted by atomic mass is 16.1. The molecule has 0 saturated heterocycles. The number of nitrogen functional groups attached to an aromatic ring is 1. The van der Waals surface area contributed by atoms with Crippen molar-refractivity contribution in [3.63, 3.8) is 0 Å². The predicted molar refractivity (Wildman–Crippen MR) is 67.7 cm³/mol. The summed E-state index contributed by atoms with van der Waals surface area (Å²) in [4.78, 5) is 23.6. The van der Waals surface area contributed by atoms with Crippen molar-refractivity contribution in [2.75, 3.05) is 12.3 Å². The number of nitrogens with zero attached hydrogens (tertiary/aromatic N) is 4. The van der Waals surface area contributed by atoms with Crippen molar-refractivity contribution < 1.29 is 4.79 Å². The third kappa shape index (κ3) is 2.55. The first-order chi connectivity index (χ1) is 8.72. The quantitative estimate of drug-likeness (QED) is 0.794. The van der Waals surface area contributed by atoms with Crippen molar-refractivity contribution in [1.29, 1.82) is 0 Å². The van der Waals surface area contributed by atoms with Crippen molar-refractivity contribution in [2.45, 2.75) is 26.3 Å². The van der Waals surface area contributed by atoms with Gasteiger partial charge in [-0.2, -0.15) is 0 Å². The highest BCUT2D eigenvalue weighted by molar-refractivity contribution is 5.81. The summed E-state index contributed by atoms with van der Waals surface area (Å²) in [7, 11) is 0. The molecule has 7 nitrogen and oxygen atoms in total. The molecule has 0 atom stereocenters. The van der Waals surface area contributed by atoms with Crippen LogP contribution in [-0.2, 0) is 11.3 Å². The lowest BCUT2D eigenvalue weighted by Gasteiger charge is -2.04. The second-order valence-electron chi connectivity index (χ2n) is 3.97. The fourth-order valence-electron chi connectivity index (χ4n) is 1.64. The summed E-state index contributed by atoms with van der Waals surface area (Å²) in [6, 6.07) is 0. The van der Waals surface area contributed by atoms with E-state index in [9.17, 15) is 4.79 Å². The second-order valence-corrected chi connectivity index (χ2v) is 3.97. The summed E-state index contributed by atoms with van der Waals surface area (Å²) in [5.41, 5.74) is 6.92. The van der Waals surface area contributed by atoms with E-state index in [1.165, 1.54) is 6.33 Å². The van der Waals surface area contributed by atoms with Crippen LogP contribution in [0.3, 0.4) is 0 Å². The minimum absolute atomic E-state index is 0.0285. The molecule has 0 aliphatic heterocycles. The standard InChI is InChI=1S/C11H16N6O/c1-2-4-13-8(18)3-5-17-7-16-9-10(12)14-6-15-11(9)17/h6-7H,2-5H2,1H3,(H,13,18)(H2,12,14,15). The van der Waals surface area contributed by atoms with Gasteiger partial charge in [-0.25, -0.2) is 15.0 Å². The van der Waals surface area contributed by atoms with Gasteiger partial charge in [0, 0.05) is 19.5 Å². The number of hydrogen-bond acceptors (Lipinski definition) is 5. The average Bonchev–Trinajstić information content (AvgIpc) is 2.78. The first kappa shape index (κ1) is 12.3. The Morgan fingerprint density at radius 1 is 1.44 bits per heavy atom. The number of rotatable bonds is 5. The van der Waals surface area contributed by atoms with Gasteiger partial charge >= 0.3 is 0 Å². The van der Waals surface area contributed by atoms with E-state index in [1.54, 1.807) is 10.9 Å². The molecule has 2 heterocycles. The van der Waals surface area contributed by atoms with Crippen LogP contribution in [-0.4, -0.2) is 32.0 Å². The molecule has 1 amide bonds. The summed E-state index contributed by atoms with van der Waals surface area (Å²) in [6.07, 6.45) is 4.36. The molecule has 0 radical (unpaired) electrons. The van der Waals surface area contributed by atoms with Crippen molar-refractivity contribution in [1.82, 2.24) is 24.8 Å². The summed E-state index contributed by atoms with van der Waals surface area (Å²) < 4.78 is 1.80. The number of nitrogens with one attached hydrogen (secondary N) is 1. The van der Waals surface area contributed by atoms with Gasteiger partial charge in [0.1, 0.15) is 11.8 Å². The van der Waals surface area contributed by atoms with E-state index in [2.05, 4.69) is 20.3 Å². The number of anilines is 1. The molecule has 18 heavy (non-hydrogen) atoms. The zero-order chi connectivity index (χ0) is 13.0. The van der Waals surface area contributed by atoms with Gasteiger partial charge in [-0.05, 0) is 6.42 Å². The fourth-order valence-corrected chi connectivity index (χ4v) is 1.64. The topological polar surface area (TPSA) is 98.7 Å². The molecular weight excluding hydrogens is 232 g/mol. The number of aryl methyl sites for hydroxylation is 1. The molecule has 0 spiro atoms. The maximum atomic E-state index is 11.5. The fraction of sp³-hybridized carbons (Fsp3) is 0.455. The molecular formula is C11H16N6O. The molecule has 0 unspecified atom stereocenters. The van der Waals surface area contributed by atoms with E-state index in [1.807, 2.05) is 6.92 Å². The van der Waals surface area contributed by atoms with Gasteiger partial charge < -0.3 is 15.6 Å². The minimum atomic E-state index is 0.0285. The minimum Gasteiger partial charge on any atom is -0.382 e. The molecule has 0 aliphatic carbocycles. The third-order valence-electron chi connectivity index (χ3n) is 2.58. The van der Waals surface area contributed by atoms with Crippen LogP contribution in [0.4, 0.5) is 5.82 Å². The van der Waals surface area contributed by atoms with Crippen molar-refractivity contribution in [2.24, 2.45) is 0 Å². The molecule has 96 valence electrons.